The molecule has 1 fully saturated rings. The summed E-state index contributed by atoms with van der Waals surface area (Å²) in [6.45, 7) is 3.94. The lowest BCUT2D eigenvalue weighted by atomic mass is 10.0. The average Bonchev–Trinajstić information content (AvgIpc) is 3.24. The molecule has 0 N–H and O–H groups in total. The highest BCUT2D eigenvalue weighted by atomic mass is 35.5. The van der Waals surface area contributed by atoms with Crippen LogP contribution in [0, 0.1) is 5.82 Å². The molecule has 0 bridgehead atoms. The fourth-order valence-electron chi connectivity index (χ4n) is 4.07. The first-order chi connectivity index (χ1) is 15.5. The van der Waals surface area contributed by atoms with E-state index in [1.807, 2.05) is 37.6 Å². The zero-order valence-electron chi connectivity index (χ0n) is 17.9. The van der Waals surface area contributed by atoms with E-state index in [-0.39, 0.29) is 6.10 Å². The monoisotopic (exact) mass is 451 g/mol. The molecule has 4 aromatic rings. The highest BCUT2D eigenvalue weighted by Gasteiger charge is 2.25. The number of rotatable bonds is 4. The molecule has 1 atom stereocenters. The quantitative estimate of drug-likeness (QED) is 0.439. The van der Waals surface area contributed by atoms with Gasteiger partial charge in [-0.25, -0.2) is 9.37 Å². The third-order valence-corrected chi connectivity index (χ3v) is 6.00. The van der Waals surface area contributed by atoms with Gasteiger partial charge in [0.2, 0.25) is 0 Å². The van der Waals surface area contributed by atoms with Crippen LogP contribution in [0.25, 0.3) is 22.2 Å². The van der Waals surface area contributed by atoms with Crippen LogP contribution in [0.1, 0.15) is 24.3 Å². The lowest BCUT2D eigenvalue weighted by Gasteiger charge is -2.33. The summed E-state index contributed by atoms with van der Waals surface area (Å²) in [7, 11) is 1.89. The van der Waals surface area contributed by atoms with Crippen LogP contribution in [0.5, 0.6) is 0 Å². The minimum absolute atomic E-state index is 0.111. The van der Waals surface area contributed by atoms with Crippen LogP contribution < -0.4 is 4.90 Å². The fourth-order valence-corrected chi connectivity index (χ4v) is 4.23. The van der Waals surface area contributed by atoms with Gasteiger partial charge in [0.15, 0.2) is 0 Å². The molecule has 0 unspecified atom stereocenters. The van der Waals surface area contributed by atoms with Crippen molar-refractivity contribution in [2.24, 2.45) is 7.05 Å². The molecule has 5 rings (SSSR count). The Morgan fingerprint density at radius 1 is 1.19 bits per heavy atom. The van der Waals surface area contributed by atoms with Gasteiger partial charge in [0.1, 0.15) is 17.7 Å². The molecule has 8 heteroatoms. The van der Waals surface area contributed by atoms with Crippen LogP contribution in [0.4, 0.5) is 10.2 Å². The van der Waals surface area contributed by atoms with Crippen molar-refractivity contribution in [3.63, 3.8) is 0 Å². The van der Waals surface area contributed by atoms with Gasteiger partial charge in [0.25, 0.3) is 0 Å². The maximum Gasteiger partial charge on any atom is 0.134 e. The second kappa shape index (κ2) is 8.48. The first-order valence-corrected chi connectivity index (χ1v) is 11.0. The molecule has 164 valence electrons. The van der Waals surface area contributed by atoms with Gasteiger partial charge in [-0.2, -0.15) is 5.10 Å². The predicted octanol–water partition coefficient (Wildman–Crippen LogP) is 4.96. The van der Waals surface area contributed by atoms with Crippen LogP contribution in [0.15, 0.2) is 48.8 Å². The van der Waals surface area contributed by atoms with E-state index in [1.54, 1.807) is 16.8 Å². The SMILES string of the molecule is CCc1ccc2c(-c3ccc(Cl)cc3F)nc(N3CCO[C@H](c4cnn(C)c4)C3)cc2n1. The van der Waals surface area contributed by atoms with E-state index in [1.165, 1.54) is 6.07 Å². The van der Waals surface area contributed by atoms with Gasteiger partial charge in [-0.05, 0) is 36.8 Å². The van der Waals surface area contributed by atoms with Gasteiger partial charge >= 0.3 is 0 Å². The summed E-state index contributed by atoms with van der Waals surface area (Å²) in [5.74, 6) is 0.345. The largest absolute Gasteiger partial charge is 0.370 e. The number of aryl methyl sites for hydroxylation is 2. The molecule has 1 aliphatic rings. The molecule has 0 amide bonds. The molecule has 0 spiro atoms. The van der Waals surface area contributed by atoms with Crippen LogP contribution >= 0.6 is 11.6 Å². The summed E-state index contributed by atoms with van der Waals surface area (Å²) in [4.78, 5) is 11.9. The Morgan fingerprint density at radius 3 is 2.81 bits per heavy atom. The normalized spacial score (nSPS) is 16.6. The number of pyridine rings is 2. The number of morpholine rings is 1. The molecule has 3 aromatic heterocycles. The van der Waals surface area contributed by atoms with E-state index in [9.17, 15) is 4.39 Å². The fraction of sp³-hybridized carbons (Fsp3) is 0.292. The van der Waals surface area contributed by atoms with E-state index in [0.29, 0.717) is 36.0 Å². The molecule has 0 saturated carbocycles. The smallest absolute Gasteiger partial charge is 0.134 e. The van der Waals surface area contributed by atoms with Crippen molar-refractivity contribution in [3.05, 3.63) is 70.9 Å². The first kappa shape index (κ1) is 20.8. The standard InChI is InChI=1S/C24H23ClFN5O/c1-3-17-5-7-19-21(28-17)11-23(29-24(19)18-6-4-16(25)10-20(18)26)31-8-9-32-22(14-31)15-12-27-30(2)13-15/h4-7,10-13,22H,3,8-9,14H2,1-2H3/t22-/m0/s1. The topological polar surface area (TPSA) is 56.1 Å². The maximum absolute atomic E-state index is 14.9. The molecule has 1 aliphatic heterocycles. The zero-order chi connectivity index (χ0) is 22.2. The van der Waals surface area contributed by atoms with E-state index < -0.39 is 5.82 Å². The number of nitrogens with zero attached hydrogens (tertiary/aromatic N) is 5. The van der Waals surface area contributed by atoms with Gasteiger partial charge in [-0.1, -0.05) is 18.5 Å². The maximum atomic E-state index is 14.9. The van der Waals surface area contributed by atoms with Crippen molar-refractivity contribution in [1.29, 1.82) is 0 Å². The van der Waals surface area contributed by atoms with Crippen molar-refractivity contribution in [2.45, 2.75) is 19.4 Å². The Hall–Kier alpha value is -3.03. The summed E-state index contributed by atoms with van der Waals surface area (Å²) >= 11 is 5.99. The lowest BCUT2D eigenvalue weighted by Crippen LogP contribution is -2.38. The summed E-state index contributed by atoms with van der Waals surface area (Å²) in [6.07, 6.45) is 4.50. The predicted molar refractivity (Wildman–Crippen MR) is 123 cm³/mol. The van der Waals surface area contributed by atoms with E-state index in [2.05, 4.69) is 16.9 Å². The summed E-state index contributed by atoms with van der Waals surface area (Å²) < 4.78 is 22.6. The van der Waals surface area contributed by atoms with Gasteiger partial charge in [0, 0.05) is 59.6 Å². The van der Waals surface area contributed by atoms with Crippen LogP contribution in [0.3, 0.4) is 0 Å². The number of ether oxygens (including phenoxy) is 1. The van der Waals surface area contributed by atoms with Crippen molar-refractivity contribution in [1.82, 2.24) is 19.7 Å². The number of aromatic nitrogens is 4. The second-order valence-corrected chi connectivity index (χ2v) is 8.37. The zero-order valence-corrected chi connectivity index (χ0v) is 18.7. The van der Waals surface area contributed by atoms with Gasteiger partial charge in [-0.3, -0.25) is 9.67 Å². The van der Waals surface area contributed by atoms with Crippen molar-refractivity contribution in [2.75, 3.05) is 24.6 Å². The molecule has 1 aromatic carbocycles. The molecule has 4 heterocycles. The summed E-state index contributed by atoms with van der Waals surface area (Å²) in [5, 5.41) is 5.42. The van der Waals surface area contributed by atoms with Crippen LogP contribution in [0.2, 0.25) is 5.02 Å². The molecule has 1 saturated heterocycles. The van der Waals surface area contributed by atoms with Crippen LogP contribution in [-0.2, 0) is 18.2 Å². The third kappa shape index (κ3) is 3.94. The second-order valence-electron chi connectivity index (χ2n) is 7.93. The van der Waals surface area contributed by atoms with E-state index in [4.69, 9.17) is 26.3 Å². The molecule has 32 heavy (non-hydrogen) atoms. The highest BCUT2D eigenvalue weighted by Crippen LogP contribution is 2.34. The van der Waals surface area contributed by atoms with Crippen LogP contribution in [-0.4, -0.2) is 39.4 Å². The van der Waals surface area contributed by atoms with Gasteiger partial charge in [-0.15, -0.1) is 0 Å². The molecular formula is C24H23ClFN5O. The van der Waals surface area contributed by atoms with E-state index >= 15 is 0 Å². The summed E-state index contributed by atoms with van der Waals surface area (Å²) in [5.41, 5.74) is 3.76. The molecule has 0 radical (unpaired) electrons. The number of hydrogen-bond acceptors (Lipinski definition) is 5. The first-order valence-electron chi connectivity index (χ1n) is 10.6. The van der Waals surface area contributed by atoms with Gasteiger partial charge < -0.3 is 9.64 Å². The average molecular weight is 452 g/mol. The lowest BCUT2D eigenvalue weighted by molar-refractivity contribution is 0.0395. The Balaban J connectivity index is 1.61. The molecule has 6 nitrogen and oxygen atoms in total. The van der Waals surface area contributed by atoms with Gasteiger partial charge in [0.05, 0.1) is 24.0 Å². The number of halogens is 2. The number of hydrogen-bond donors (Lipinski definition) is 0. The Morgan fingerprint density at radius 2 is 2.06 bits per heavy atom. The Bertz CT molecular complexity index is 1290. The minimum atomic E-state index is -0.404. The van der Waals surface area contributed by atoms with Crippen molar-refractivity contribution >= 4 is 28.3 Å². The number of anilines is 1. The van der Waals surface area contributed by atoms with Crippen molar-refractivity contribution < 1.29 is 9.13 Å². The minimum Gasteiger partial charge on any atom is -0.370 e. The Labute approximate surface area is 190 Å². The summed E-state index contributed by atoms with van der Waals surface area (Å²) in [6, 6.07) is 10.6. The molecule has 0 aliphatic carbocycles. The van der Waals surface area contributed by atoms with Crippen molar-refractivity contribution in [3.8, 4) is 11.3 Å². The number of fused-ring (bicyclic) bond motifs is 1. The number of benzene rings is 1. The third-order valence-electron chi connectivity index (χ3n) is 5.77. The highest BCUT2D eigenvalue weighted by molar-refractivity contribution is 6.30. The van der Waals surface area contributed by atoms with E-state index in [0.717, 1.165) is 34.4 Å². The molecular weight excluding hydrogens is 429 g/mol. The Kier molecular flexibility index (Phi) is 5.53.